The van der Waals surface area contributed by atoms with Gasteiger partial charge in [0.15, 0.2) is 11.6 Å². The molecule has 0 spiro atoms. The van der Waals surface area contributed by atoms with Gasteiger partial charge in [-0.1, -0.05) is 48.5 Å². The Labute approximate surface area is 179 Å². The molecule has 154 valence electrons. The highest BCUT2D eigenvalue weighted by Gasteiger charge is 2.18. The van der Waals surface area contributed by atoms with E-state index in [2.05, 4.69) is 20.5 Å². The number of ether oxygens (including phenoxy) is 1. The predicted molar refractivity (Wildman–Crippen MR) is 116 cm³/mol. The van der Waals surface area contributed by atoms with Gasteiger partial charge in [-0.2, -0.15) is 5.10 Å². The molecule has 0 aliphatic rings. The van der Waals surface area contributed by atoms with Crippen LogP contribution in [0.5, 0.6) is 5.75 Å². The molecule has 3 aromatic carbocycles. The number of rotatable bonds is 7. The van der Waals surface area contributed by atoms with Crippen molar-refractivity contribution >= 4 is 11.7 Å². The van der Waals surface area contributed by atoms with Crippen molar-refractivity contribution in [3.05, 3.63) is 101 Å². The summed E-state index contributed by atoms with van der Waals surface area (Å²) in [7, 11) is 1.61. The smallest absolute Gasteiger partial charge is 0.252 e. The zero-order chi connectivity index (χ0) is 21.6. The Bertz CT molecular complexity index is 1200. The number of carbonyl (C=O) groups excluding carboxylic acids is 2. The molecule has 0 atom stereocenters. The highest BCUT2D eigenvalue weighted by molar-refractivity contribution is 6.15. The minimum absolute atomic E-state index is 0.149. The number of amides is 1. The van der Waals surface area contributed by atoms with E-state index in [-0.39, 0.29) is 18.2 Å². The summed E-state index contributed by atoms with van der Waals surface area (Å²) >= 11 is 0. The SMILES string of the molecule is COc1ccc(-c2n[nH]c(CNC(=O)c3ccccc3C(=O)c3ccccc3)n2)cc1. The minimum Gasteiger partial charge on any atom is -0.497 e. The van der Waals surface area contributed by atoms with E-state index in [1.165, 1.54) is 0 Å². The molecular formula is C24H20N4O3. The Kier molecular flexibility index (Phi) is 5.84. The number of nitrogens with zero attached hydrogens (tertiary/aromatic N) is 2. The van der Waals surface area contributed by atoms with Gasteiger partial charge in [0.05, 0.1) is 19.2 Å². The minimum atomic E-state index is -0.359. The van der Waals surface area contributed by atoms with E-state index in [4.69, 9.17) is 4.74 Å². The predicted octanol–water partition coefficient (Wildman–Crippen LogP) is 3.64. The van der Waals surface area contributed by atoms with Crippen molar-refractivity contribution in [1.29, 1.82) is 0 Å². The number of aromatic nitrogens is 3. The molecule has 0 fully saturated rings. The number of hydrogen-bond acceptors (Lipinski definition) is 5. The fraction of sp³-hybridized carbons (Fsp3) is 0.0833. The van der Waals surface area contributed by atoms with Gasteiger partial charge in [0.2, 0.25) is 0 Å². The fourth-order valence-corrected chi connectivity index (χ4v) is 3.13. The summed E-state index contributed by atoms with van der Waals surface area (Å²) in [6.45, 7) is 0.149. The van der Waals surface area contributed by atoms with Crippen molar-refractivity contribution in [2.45, 2.75) is 6.54 Å². The monoisotopic (exact) mass is 412 g/mol. The number of ketones is 1. The van der Waals surface area contributed by atoms with E-state index < -0.39 is 0 Å². The van der Waals surface area contributed by atoms with Crippen LogP contribution in [0.1, 0.15) is 32.1 Å². The summed E-state index contributed by atoms with van der Waals surface area (Å²) < 4.78 is 5.15. The van der Waals surface area contributed by atoms with E-state index >= 15 is 0 Å². The Balaban J connectivity index is 1.46. The third kappa shape index (κ3) is 4.51. The topological polar surface area (TPSA) is 97.0 Å². The van der Waals surface area contributed by atoms with Gasteiger partial charge in [-0.05, 0) is 30.3 Å². The lowest BCUT2D eigenvalue weighted by atomic mass is 9.98. The molecular weight excluding hydrogens is 392 g/mol. The van der Waals surface area contributed by atoms with Crippen LogP contribution in [0.2, 0.25) is 0 Å². The molecule has 0 aliphatic carbocycles. The zero-order valence-corrected chi connectivity index (χ0v) is 16.8. The second-order valence-electron chi connectivity index (χ2n) is 6.76. The van der Waals surface area contributed by atoms with Crippen LogP contribution in [0.4, 0.5) is 0 Å². The van der Waals surface area contributed by atoms with Crippen molar-refractivity contribution in [2.24, 2.45) is 0 Å². The van der Waals surface area contributed by atoms with Crippen LogP contribution in [0.25, 0.3) is 11.4 Å². The lowest BCUT2D eigenvalue weighted by Gasteiger charge is -2.09. The van der Waals surface area contributed by atoms with Crippen molar-refractivity contribution in [3.8, 4) is 17.1 Å². The van der Waals surface area contributed by atoms with Crippen LogP contribution < -0.4 is 10.1 Å². The first-order valence-electron chi connectivity index (χ1n) is 9.68. The summed E-state index contributed by atoms with van der Waals surface area (Å²) in [5.74, 6) is 1.21. The number of methoxy groups -OCH3 is 1. The van der Waals surface area contributed by atoms with Crippen LogP contribution in [-0.4, -0.2) is 34.0 Å². The number of aromatic amines is 1. The summed E-state index contributed by atoms with van der Waals surface area (Å²) in [5.41, 5.74) is 2.02. The molecule has 0 radical (unpaired) electrons. The van der Waals surface area contributed by atoms with Gasteiger partial charge in [0, 0.05) is 16.7 Å². The van der Waals surface area contributed by atoms with Gasteiger partial charge in [-0.25, -0.2) is 4.98 Å². The van der Waals surface area contributed by atoms with Gasteiger partial charge in [0.25, 0.3) is 5.91 Å². The molecule has 2 N–H and O–H groups in total. The van der Waals surface area contributed by atoms with Crippen LogP contribution in [0, 0.1) is 0 Å². The number of H-pyrrole nitrogens is 1. The number of benzene rings is 3. The first-order chi connectivity index (χ1) is 15.2. The number of carbonyl (C=O) groups is 2. The number of hydrogen-bond donors (Lipinski definition) is 2. The molecule has 4 aromatic rings. The second-order valence-corrected chi connectivity index (χ2v) is 6.76. The molecule has 0 saturated carbocycles. The molecule has 0 bridgehead atoms. The summed E-state index contributed by atoms with van der Waals surface area (Å²) in [6, 6.07) is 23.0. The molecule has 1 amide bonds. The molecule has 0 unspecified atom stereocenters. The van der Waals surface area contributed by atoms with Crippen LogP contribution in [0.15, 0.2) is 78.9 Å². The highest BCUT2D eigenvalue weighted by Crippen LogP contribution is 2.19. The second kappa shape index (κ2) is 9.04. The quantitative estimate of drug-likeness (QED) is 0.452. The molecule has 31 heavy (non-hydrogen) atoms. The van der Waals surface area contributed by atoms with Crippen molar-refractivity contribution in [3.63, 3.8) is 0 Å². The largest absolute Gasteiger partial charge is 0.497 e. The Morgan fingerprint density at radius 2 is 1.58 bits per heavy atom. The first-order valence-corrected chi connectivity index (χ1v) is 9.68. The highest BCUT2D eigenvalue weighted by atomic mass is 16.5. The zero-order valence-electron chi connectivity index (χ0n) is 16.8. The third-order valence-electron chi connectivity index (χ3n) is 4.75. The first kappa shape index (κ1) is 20.0. The van der Waals surface area contributed by atoms with Crippen molar-refractivity contribution in [2.75, 3.05) is 7.11 Å². The standard InChI is InChI=1S/C24H20N4O3/c1-31-18-13-11-17(12-14-18)23-26-21(27-28-23)15-25-24(30)20-10-6-5-9-19(20)22(29)16-7-3-2-4-8-16/h2-14H,15H2,1H3,(H,25,30)(H,26,27,28). The normalized spacial score (nSPS) is 10.5. The average molecular weight is 412 g/mol. The van der Waals surface area contributed by atoms with Gasteiger partial charge in [-0.15, -0.1) is 0 Å². The van der Waals surface area contributed by atoms with Gasteiger partial charge in [0.1, 0.15) is 11.6 Å². The Morgan fingerprint density at radius 3 is 2.29 bits per heavy atom. The summed E-state index contributed by atoms with van der Waals surface area (Å²) in [6.07, 6.45) is 0. The van der Waals surface area contributed by atoms with Crippen LogP contribution in [-0.2, 0) is 6.54 Å². The maximum Gasteiger partial charge on any atom is 0.252 e. The number of nitrogens with one attached hydrogen (secondary N) is 2. The maximum atomic E-state index is 12.8. The van der Waals surface area contributed by atoms with E-state index in [9.17, 15) is 9.59 Å². The van der Waals surface area contributed by atoms with Gasteiger partial charge >= 0.3 is 0 Å². The van der Waals surface area contributed by atoms with Crippen molar-refractivity contribution < 1.29 is 14.3 Å². The molecule has 7 nitrogen and oxygen atoms in total. The summed E-state index contributed by atoms with van der Waals surface area (Å²) in [4.78, 5) is 30.0. The molecule has 0 saturated heterocycles. The van der Waals surface area contributed by atoms with Crippen LogP contribution >= 0.6 is 0 Å². The molecule has 1 heterocycles. The van der Waals surface area contributed by atoms with Gasteiger partial charge in [-0.3, -0.25) is 14.7 Å². The van der Waals surface area contributed by atoms with E-state index in [0.29, 0.717) is 28.3 Å². The maximum absolute atomic E-state index is 12.8. The molecule has 7 heteroatoms. The van der Waals surface area contributed by atoms with E-state index in [1.807, 2.05) is 30.3 Å². The fourth-order valence-electron chi connectivity index (χ4n) is 3.13. The Hall–Kier alpha value is -4.26. The van der Waals surface area contributed by atoms with Crippen molar-refractivity contribution in [1.82, 2.24) is 20.5 Å². The third-order valence-corrected chi connectivity index (χ3v) is 4.75. The average Bonchev–Trinajstić information content (AvgIpc) is 3.32. The lowest BCUT2D eigenvalue weighted by molar-refractivity contribution is 0.0939. The molecule has 4 rings (SSSR count). The molecule has 0 aliphatic heterocycles. The Morgan fingerprint density at radius 1 is 0.903 bits per heavy atom. The van der Waals surface area contributed by atoms with Gasteiger partial charge < -0.3 is 10.1 Å². The lowest BCUT2D eigenvalue weighted by Crippen LogP contribution is -2.25. The molecule has 1 aromatic heterocycles. The van der Waals surface area contributed by atoms with E-state index in [1.54, 1.807) is 55.6 Å². The van der Waals surface area contributed by atoms with E-state index in [0.717, 1.165) is 11.3 Å². The summed E-state index contributed by atoms with van der Waals surface area (Å²) in [5, 5.41) is 9.82. The van der Waals surface area contributed by atoms with Crippen LogP contribution in [0.3, 0.4) is 0 Å².